The second-order valence-electron chi connectivity index (χ2n) is 7.45. The van der Waals surface area contributed by atoms with E-state index in [1.165, 1.54) is 0 Å². The summed E-state index contributed by atoms with van der Waals surface area (Å²) in [7, 11) is 0. The second kappa shape index (κ2) is 7.67. The van der Waals surface area contributed by atoms with Crippen LogP contribution in [0.1, 0.15) is 50.3 Å². The Bertz CT molecular complexity index is 1050. The second-order valence-corrected chi connectivity index (χ2v) is 7.45. The number of rotatable bonds is 5. The van der Waals surface area contributed by atoms with Crippen molar-refractivity contribution < 1.29 is 5.11 Å². The number of aliphatic hydroxyl groups excluding tert-OH is 1. The van der Waals surface area contributed by atoms with Gasteiger partial charge < -0.3 is 10.0 Å². The van der Waals surface area contributed by atoms with E-state index in [-0.39, 0.29) is 30.7 Å². The highest BCUT2D eigenvalue weighted by Gasteiger charge is 2.31. The zero-order valence-corrected chi connectivity index (χ0v) is 16.2. The molecule has 0 amide bonds. The molecule has 1 fully saturated rings. The third-order valence-electron chi connectivity index (χ3n) is 5.24. The molecule has 0 bridgehead atoms. The zero-order valence-electron chi connectivity index (χ0n) is 16.2. The Hall–Kier alpha value is -2.80. The normalized spacial score (nSPS) is 17.0. The highest BCUT2D eigenvalue weighted by atomic mass is 16.3. The number of anilines is 1. The fourth-order valence-electron chi connectivity index (χ4n) is 3.87. The van der Waals surface area contributed by atoms with Crippen LogP contribution in [-0.2, 0) is 6.54 Å². The summed E-state index contributed by atoms with van der Waals surface area (Å²) in [6, 6.07) is 9.24. The highest BCUT2D eigenvalue weighted by Crippen LogP contribution is 2.34. The van der Waals surface area contributed by atoms with Crippen LogP contribution in [0.4, 0.5) is 5.82 Å². The maximum absolute atomic E-state index is 13.1. The molecule has 2 aromatic heterocycles. The van der Waals surface area contributed by atoms with Crippen LogP contribution in [0.25, 0.3) is 10.9 Å². The lowest BCUT2D eigenvalue weighted by Crippen LogP contribution is -2.33. The molecular formula is C21H25N5O2. The molecule has 1 atom stereocenters. The van der Waals surface area contributed by atoms with Gasteiger partial charge in [0, 0.05) is 18.7 Å². The van der Waals surface area contributed by atoms with Crippen molar-refractivity contribution in [2.45, 2.75) is 45.2 Å². The molecule has 1 aromatic carbocycles. The average Bonchev–Trinajstić information content (AvgIpc) is 3.20. The lowest BCUT2D eigenvalue weighted by atomic mass is 10.1. The van der Waals surface area contributed by atoms with Gasteiger partial charge in [-0.2, -0.15) is 0 Å². The number of aromatic nitrogens is 4. The fraction of sp³-hybridized carbons (Fsp3) is 0.429. The topological polar surface area (TPSA) is 84.1 Å². The number of nitrogens with zero attached hydrogens (tertiary/aromatic N) is 5. The first-order valence-electron chi connectivity index (χ1n) is 9.80. The smallest absolute Gasteiger partial charge is 0.261 e. The molecule has 0 aliphatic carbocycles. The van der Waals surface area contributed by atoms with Gasteiger partial charge in [0.2, 0.25) is 0 Å². The van der Waals surface area contributed by atoms with E-state index < -0.39 is 0 Å². The van der Waals surface area contributed by atoms with Crippen molar-refractivity contribution in [1.29, 1.82) is 0 Å². The molecule has 0 radical (unpaired) electrons. The van der Waals surface area contributed by atoms with Crippen LogP contribution in [0.3, 0.4) is 0 Å². The first-order valence-corrected chi connectivity index (χ1v) is 9.80. The summed E-state index contributed by atoms with van der Waals surface area (Å²) >= 11 is 0. The summed E-state index contributed by atoms with van der Waals surface area (Å²) in [5.74, 6) is 2.61. The van der Waals surface area contributed by atoms with Crippen molar-refractivity contribution in [3.63, 3.8) is 0 Å². The molecule has 1 N–H and O–H groups in total. The molecule has 1 aliphatic rings. The summed E-state index contributed by atoms with van der Waals surface area (Å²) in [5.41, 5.74) is 0.584. The van der Waals surface area contributed by atoms with Crippen molar-refractivity contribution in [2.75, 3.05) is 18.1 Å². The lowest BCUT2D eigenvalue weighted by molar-refractivity contribution is 0.270. The van der Waals surface area contributed by atoms with Crippen LogP contribution in [0, 0.1) is 0 Å². The summed E-state index contributed by atoms with van der Waals surface area (Å²) in [5, 5.41) is 10.1. The van der Waals surface area contributed by atoms with Crippen LogP contribution >= 0.6 is 0 Å². The van der Waals surface area contributed by atoms with E-state index in [0.29, 0.717) is 16.7 Å². The summed E-state index contributed by atoms with van der Waals surface area (Å²) in [6.45, 7) is 5.12. The largest absolute Gasteiger partial charge is 0.395 e. The molecule has 1 aliphatic heterocycles. The van der Waals surface area contributed by atoms with E-state index >= 15 is 0 Å². The van der Waals surface area contributed by atoms with E-state index in [1.54, 1.807) is 16.8 Å². The van der Waals surface area contributed by atoms with Crippen LogP contribution in [0.15, 0.2) is 41.3 Å². The van der Waals surface area contributed by atoms with Gasteiger partial charge in [-0.3, -0.25) is 9.36 Å². The van der Waals surface area contributed by atoms with E-state index in [2.05, 4.69) is 23.7 Å². The fourth-order valence-corrected chi connectivity index (χ4v) is 3.87. The van der Waals surface area contributed by atoms with Crippen LogP contribution in [-0.4, -0.2) is 37.8 Å². The first kappa shape index (κ1) is 18.6. The molecule has 4 rings (SSSR count). The van der Waals surface area contributed by atoms with Gasteiger partial charge in [0.15, 0.2) is 0 Å². The van der Waals surface area contributed by atoms with E-state index in [1.807, 2.05) is 24.3 Å². The Balaban J connectivity index is 1.83. The van der Waals surface area contributed by atoms with E-state index in [9.17, 15) is 9.90 Å². The number of fused-ring (bicyclic) bond motifs is 1. The predicted octanol–water partition coefficient (Wildman–Crippen LogP) is 2.64. The number of benzene rings is 1. The molecule has 7 nitrogen and oxygen atoms in total. The van der Waals surface area contributed by atoms with Crippen molar-refractivity contribution >= 4 is 16.7 Å². The summed E-state index contributed by atoms with van der Waals surface area (Å²) in [6.07, 6.45) is 3.67. The van der Waals surface area contributed by atoms with Crippen molar-refractivity contribution in [2.24, 2.45) is 0 Å². The van der Waals surface area contributed by atoms with Gasteiger partial charge in [-0.15, -0.1) is 0 Å². The Morgan fingerprint density at radius 2 is 2.04 bits per heavy atom. The van der Waals surface area contributed by atoms with Gasteiger partial charge in [0.05, 0.1) is 30.1 Å². The van der Waals surface area contributed by atoms with Crippen molar-refractivity contribution in [3.05, 3.63) is 58.5 Å². The molecule has 0 saturated carbocycles. The summed E-state index contributed by atoms with van der Waals surface area (Å²) in [4.78, 5) is 29.2. The standard InChI is InChI=1S/C21H25N5O2/c1-14(2)19-22-10-9-18(24-19)25-11-5-8-17(25)20-23-16-7-4-3-6-15(16)21(28)26(20)12-13-27/h3-4,6-7,9-10,14,17,27H,5,8,11-13H2,1-2H3. The Morgan fingerprint density at radius 1 is 1.21 bits per heavy atom. The van der Waals surface area contributed by atoms with Crippen molar-refractivity contribution in [1.82, 2.24) is 19.5 Å². The van der Waals surface area contributed by atoms with Crippen LogP contribution in [0.5, 0.6) is 0 Å². The molecule has 1 saturated heterocycles. The molecular weight excluding hydrogens is 354 g/mol. The maximum Gasteiger partial charge on any atom is 0.261 e. The Morgan fingerprint density at radius 3 is 2.82 bits per heavy atom. The molecule has 1 unspecified atom stereocenters. The van der Waals surface area contributed by atoms with Gasteiger partial charge in [0.25, 0.3) is 5.56 Å². The number of hydrogen-bond donors (Lipinski definition) is 1. The average molecular weight is 379 g/mol. The third kappa shape index (κ3) is 3.26. The Kier molecular flexibility index (Phi) is 5.09. The minimum absolute atomic E-state index is 0.0567. The molecule has 3 heterocycles. The predicted molar refractivity (Wildman–Crippen MR) is 109 cm³/mol. The van der Waals surface area contributed by atoms with E-state index in [0.717, 1.165) is 31.0 Å². The maximum atomic E-state index is 13.1. The quantitative estimate of drug-likeness (QED) is 0.734. The summed E-state index contributed by atoms with van der Waals surface area (Å²) < 4.78 is 1.62. The third-order valence-corrected chi connectivity index (χ3v) is 5.24. The number of hydrogen-bond acceptors (Lipinski definition) is 6. The van der Waals surface area contributed by atoms with Gasteiger partial charge >= 0.3 is 0 Å². The SMILES string of the molecule is CC(C)c1nccc(N2CCCC2c2nc3ccccc3c(=O)n2CCO)n1. The highest BCUT2D eigenvalue weighted by molar-refractivity contribution is 5.77. The first-order chi connectivity index (χ1) is 13.6. The zero-order chi connectivity index (χ0) is 19.7. The number of aliphatic hydroxyl groups is 1. The lowest BCUT2D eigenvalue weighted by Gasteiger charge is -2.27. The number of para-hydroxylation sites is 1. The van der Waals surface area contributed by atoms with Gasteiger partial charge in [-0.05, 0) is 31.0 Å². The minimum atomic E-state index is -0.106. The molecule has 0 spiro atoms. The molecule has 3 aromatic rings. The monoisotopic (exact) mass is 379 g/mol. The van der Waals surface area contributed by atoms with Gasteiger partial charge in [0.1, 0.15) is 17.5 Å². The minimum Gasteiger partial charge on any atom is -0.395 e. The van der Waals surface area contributed by atoms with E-state index in [4.69, 9.17) is 9.97 Å². The van der Waals surface area contributed by atoms with Gasteiger partial charge in [-0.25, -0.2) is 15.0 Å². The van der Waals surface area contributed by atoms with Crippen molar-refractivity contribution in [3.8, 4) is 0 Å². The molecule has 28 heavy (non-hydrogen) atoms. The molecule has 146 valence electrons. The van der Waals surface area contributed by atoms with Crippen LogP contribution in [0.2, 0.25) is 0 Å². The molecule has 7 heteroatoms. The van der Waals surface area contributed by atoms with Crippen LogP contribution < -0.4 is 10.5 Å². The van der Waals surface area contributed by atoms with Gasteiger partial charge in [-0.1, -0.05) is 26.0 Å². The Labute approximate surface area is 163 Å².